The highest BCUT2D eigenvalue weighted by molar-refractivity contribution is 5.80. The fourth-order valence-corrected chi connectivity index (χ4v) is 3.50. The first-order valence-corrected chi connectivity index (χ1v) is 13.2. The summed E-state index contributed by atoms with van der Waals surface area (Å²) in [7, 11) is 0. The molecule has 0 rings (SSSR count). The van der Waals surface area contributed by atoms with Crippen molar-refractivity contribution in [2.24, 2.45) is 11.8 Å². The van der Waals surface area contributed by atoms with Gasteiger partial charge in [0.05, 0.1) is 33.0 Å². The second-order valence-corrected chi connectivity index (χ2v) is 9.63. The SMILES string of the molecule is CC(C)CC(=O)CCCCCCCCCCCCOCCOCCOCCC(=O)C(C)C. The van der Waals surface area contributed by atoms with E-state index < -0.39 is 0 Å². The van der Waals surface area contributed by atoms with Gasteiger partial charge in [0.15, 0.2) is 0 Å². The van der Waals surface area contributed by atoms with Gasteiger partial charge in [-0.05, 0) is 18.8 Å². The number of carbonyl (C=O) groups is 2. The van der Waals surface area contributed by atoms with E-state index in [1.807, 2.05) is 13.8 Å². The van der Waals surface area contributed by atoms with Crippen molar-refractivity contribution in [3.8, 4) is 0 Å². The van der Waals surface area contributed by atoms with Crippen LogP contribution in [0.15, 0.2) is 0 Å². The summed E-state index contributed by atoms with van der Waals surface area (Å²) in [4.78, 5) is 23.1. The van der Waals surface area contributed by atoms with E-state index >= 15 is 0 Å². The van der Waals surface area contributed by atoms with E-state index in [-0.39, 0.29) is 11.7 Å². The molecule has 0 aromatic carbocycles. The van der Waals surface area contributed by atoms with Gasteiger partial charge < -0.3 is 14.2 Å². The van der Waals surface area contributed by atoms with Gasteiger partial charge >= 0.3 is 0 Å². The van der Waals surface area contributed by atoms with Gasteiger partial charge in [-0.3, -0.25) is 9.59 Å². The van der Waals surface area contributed by atoms with E-state index in [4.69, 9.17) is 14.2 Å². The van der Waals surface area contributed by atoms with Crippen molar-refractivity contribution in [1.82, 2.24) is 0 Å². The molecule has 0 spiro atoms. The second kappa shape index (κ2) is 23.4. The Morgan fingerprint density at radius 2 is 0.969 bits per heavy atom. The fourth-order valence-electron chi connectivity index (χ4n) is 3.50. The first kappa shape index (κ1) is 31.2. The zero-order valence-corrected chi connectivity index (χ0v) is 21.6. The molecule has 0 saturated heterocycles. The molecular weight excluding hydrogens is 404 g/mol. The Morgan fingerprint density at radius 1 is 0.531 bits per heavy atom. The predicted octanol–water partition coefficient (Wildman–Crippen LogP) is 6.56. The van der Waals surface area contributed by atoms with E-state index in [1.54, 1.807) is 0 Å². The number of ketones is 2. The summed E-state index contributed by atoms with van der Waals surface area (Å²) in [5, 5.41) is 0. The molecular formula is C27H52O5. The molecule has 190 valence electrons. The normalized spacial score (nSPS) is 11.6. The quantitative estimate of drug-likeness (QED) is 0.146. The summed E-state index contributed by atoms with van der Waals surface area (Å²) < 4.78 is 16.5. The summed E-state index contributed by atoms with van der Waals surface area (Å²) >= 11 is 0. The van der Waals surface area contributed by atoms with Gasteiger partial charge in [0.25, 0.3) is 0 Å². The molecule has 0 aromatic heterocycles. The Bertz CT molecular complexity index is 434. The van der Waals surface area contributed by atoms with Crippen LogP contribution in [-0.2, 0) is 23.8 Å². The monoisotopic (exact) mass is 456 g/mol. The standard InChI is InChI=1S/C27H52O5/c1-24(2)23-26(28)15-13-11-9-7-5-6-8-10-12-14-17-30-19-21-32-22-20-31-18-16-27(29)25(3)4/h24-25H,5-23H2,1-4H3. The van der Waals surface area contributed by atoms with Crippen LogP contribution in [0.25, 0.3) is 0 Å². The predicted molar refractivity (Wildman–Crippen MR) is 132 cm³/mol. The molecule has 0 unspecified atom stereocenters. The Morgan fingerprint density at radius 3 is 1.47 bits per heavy atom. The maximum atomic E-state index is 11.7. The molecule has 0 heterocycles. The smallest absolute Gasteiger partial charge is 0.137 e. The van der Waals surface area contributed by atoms with Crippen LogP contribution in [0.3, 0.4) is 0 Å². The van der Waals surface area contributed by atoms with Gasteiger partial charge in [-0.25, -0.2) is 0 Å². The fraction of sp³-hybridized carbons (Fsp3) is 0.926. The number of unbranched alkanes of at least 4 members (excludes halogenated alkanes) is 9. The van der Waals surface area contributed by atoms with Crippen molar-refractivity contribution >= 4 is 11.6 Å². The van der Waals surface area contributed by atoms with Crippen LogP contribution >= 0.6 is 0 Å². The summed E-state index contributed by atoms with van der Waals surface area (Å²) in [5.41, 5.74) is 0. The second-order valence-electron chi connectivity index (χ2n) is 9.63. The molecule has 0 N–H and O–H groups in total. The zero-order valence-electron chi connectivity index (χ0n) is 21.6. The van der Waals surface area contributed by atoms with Crippen LogP contribution in [0.1, 0.15) is 111 Å². The number of hydrogen-bond donors (Lipinski definition) is 0. The number of carbonyl (C=O) groups excluding carboxylic acids is 2. The average molecular weight is 457 g/mol. The number of rotatable bonds is 25. The number of Topliss-reactive ketones (excluding diaryl/α,β-unsaturated/α-hetero) is 2. The Labute approximate surface area is 198 Å². The van der Waals surface area contributed by atoms with E-state index in [0.29, 0.717) is 51.2 Å². The van der Waals surface area contributed by atoms with Crippen molar-refractivity contribution < 1.29 is 23.8 Å². The summed E-state index contributed by atoms with van der Waals surface area (Å²) in [6.45, 7) is 11.7. The molecule has 0 aliphatic heterocycles. The minimum Gasteiger partial charge on any atom is -0.379 e. The van der Waals surface area contributed by atoms with Gasteiger partial charge in [0, 0.05) is 31.8 Å². The first-order chi connectivity index (χ1) is 15.4. The van der Waals surface area contributed by atoms with Crippen LogP contribution in [0.5, 0.6) is 0 Å². The maximum absolute atomic E-state index is 11.7. The molecule has 0 amide bonds. The minimum atomic E-state index is 0.0888. The topological polar surface area (TPSA) is 61.8 Å². The molecule has 0 bridgehead atoms. The molecule has 0 fully saturated rings. The lowest BCUT2D eigenvalue weighted by atomic mass is 10.0. The van der Waals surface area contributed by atoms with Crippen LogP contribution in [0.4, 0.5) is 0 Å². The summed E-state index contributed by atoms with van der Waals surface area (Å²) in [6.07, 6.45) is 14.5. The molecule has 0 saturated carbocycles. The lowest BCUT2D eigenvalue weighted by Crippen LogP contribution is -2.13. The lowest BCUT2D eigenvalue weighted by molar-refractivity contribution is -0.123. The summed E-state index contributed by atoms with van der Waals surface area (Å²) in [6, 6.07) is 0. The first-order valence-electron chi connectivity index (χ1n) is 13.2. The van der Waals surface area contributed by atoms with Gasteiger partial charge in [-0.1, -0.05) is 79.1 Å². The largest absolute Gasteiger partial charge is 0.379 e. The molecule has 0 aromatic rings. The molecule has 5 nitrogen and oxygen atoms in total. The van der Waals surface area contributed by atoms with E-state index in [2.05, 4.69) is 13.8 Å². The van der Waals surface area contributed by atoms with Crippen molar-refractivity contribution in [2.75, 3.05) is 39.6 Å². The highest BCUT2D eigenvalue weighted by Crippen LogP contribution is 2.12. The van der Waals surface area contributed by atoms with Crippen LogP contribution in [-0.4, -0.2) is 51.2 Å². The zero-order chi connectivity index (χ0) is 23.9. The van der Waals surface area contributed by atoms with Crippen molar-refractivity contribution in [3.63, 3.8) is 0 Å². The molecule has 5 heteroatoms. The van der Waals surface area contributed by atoms with Gasteiger partial charge in [0.1, 0.15) is 11.6 Å². The highest BCUT2D eigenvalue weighted by Gasteiger charge is 2.06. The minimum absolute atomic E-state index is 0.0888. The molecule has 0 atom stereocenters. The Kier molecular flexibility index (Phi) is 22.8. The van der Waals surface area contributed by atoms with Crippen LogP contribution in [0, 0.1) is 11.8 Å². The third-order valence-corrected chi connectivity index (χ3v) is 5.51. The molecule has 32 heavy (non-hydrogen) atoms. The van der Waals surface area contributed by atoms with E-state index in [9.17, 15) is 9.59 Å². The third kappa shape index (κ3) is 23.9. The van der Waals surface area contributed by atoms with Gasteiger partial charge in [-0.15, -0.1) is 0 Å². The third-order valence-electron chi connectivity index (χ3n) is 5.51. The molecule has 0 radical (unpaired) electrons. The van der Waals surface area contributed by atoms with Crippen LogP contribution < -0.4 is 0 Å². The van der Waals surface area contributed by atoms with Crippen molar-refractivity contribution in [1.29, 1.82) is 0 Å². The highest BCUT2D eigenvalue weighted by atomic mass is 16.5. The molecule has 0 aliphatic carbocycles. The van der Waals surface area contributed by atoms with Crippen LogP contribution in [0.2, 0.25) is 0 Å². The maximum Gasteiger partial charge on any atom is 0.137 e. The Balaban J connectivity index is 3.12. The van der Waals surface area contributed by atoms with Crippen molar-refractivity contribution in [2.45, 2.75) is 111 Å². The van der Waals surface area contributed by atoms with E-state index in [1.165, 1.54) is 51.4 Å². The summed E-state index contributed by atoms with van der Waals surface area (Å²) in [5.74, 6) is 1.27. The average Bonchev–Trinajstić information content (AvgIpc) is 2.74. The molecule has 0 aliphatic rings. The van der Waals surface area contributed by atoms with E-state index in [0.717, 1.165) is 32.3 Å². The number of ether oxygens (including phenoxy) is 3. The van der Waals surface area contributed by atoms with Gasteiger partial charge in [0.2, 0.25) is 0 Å². The van der Waals surface area contributed by atoms with Gasteiger partial charge in [-0.2, -0.15) is 0 Å². The lowest BCUT2D eigenvalue weighted by Gasteiger charge is -2.07. The Hall–Kier alpha value is -0.780. The number of hydrogen-bond acceptors (Lipinski definition) is 5. The van der Waals surface area contributed by atoms with Crippen molar-refractivity contribution in [3.05, 3.63) is 0 Å².